The van der Waals surface area contributed by atoms with Crippen molar-refractivity contribution in [3.05, 3.63) is 0 Å². The largest absolute Gasteiger partial charge is 0.481 e. The van der Waals surface area contributed by atoms with E-state index in [2.05, 4.69) is 5.32 Å². The highest BCUT2D eigenvalue weighted by Crippen LogP contribution is 2.09. The molecular weight excluding hydrogens is 282 g/mol. The first-order valence-electron chi connectivity index (χ1n) is 6.77. The standard InChI is InChI=1S/C13H21NO7/c1-2-3-4-5-6-10(15)14-9(13(20)21)7-8(11(16)17)12(18)19/h8-9H,2-7H2,1H3,(H,14,15)(H,16,17)(H,18,19)(H,20,21)/t9-/m0/s1. The SMILES string of the molecule is CCCCCCC(=O)N[C@@H](CC(C(=O)O)C(=O)O)C(=O)O. The summed E-state index contributed by atoms with van der Waals surface area (Å²) in [7, 11) is 0. The third-order valence-corrected chi connectivity index (χ3v) is 2.96. The molecule has 0 heterocycles. The fourth-order valence-corrected chi connectivity index (χ4v) is 1.74. The molecule has 21 heavy (non-hydrogen) atoms. The van der Waals surface area contributed by atoms with Gasteiger partial charge in [-0.3, -0.25) is 14.4 Å². The first-order chi connectivity index (χ1) is 9.79. The lowest BCUT2D eigenvalue weighted by Crippen LogP contribution is -2.44. The van der Waals surface area contributed by atoms with Gasteiger partial charge in [-0.05, 0) is 6.42 Å². The van der Waals surface area contributed by atoms with E-state index < -0.39 is 42.2 Å². The minimum absolute atomic E-state index is 0.134. The van der Waals surface area contributed by atoms with Crippen molar-refractivity contribution in [3.8, 4) is 0 Å². The summed E-state index contributed by atoms with van der Waals surface area (Å²) in [5.41, 5.74) is 0. The van der Waals surface area contributed by atoms with Crippen molar-refractivity contribution in [1.82, 2.24) is 5.32 Å². The molecule has 0 aliphatic heterocycles. The number of hydrogen-bond acceptors (Lipinski definition) is 4. The second-order valence-corrected chi connectivity index (χ2v) is 4.73. The number of hydrogen-bond donors (Lipinski definition) is 4. The molecule has 0 spiro atoms. The number of carboxylic acid groups (broad SMARTS) is 3. The van der Waals surface area contributed by atoms with Gasteiger partial charge in [-0.1, -0.05) is 26.2 Å². The average molecular weight is 303 g/mol. The summed E-state index contributed by atoms with van der Waals surface area (Å²) in [5, 5.41) is 28.6. The summed E-state index contributed by atoms with van der Waals surface area (Å²) in [4.78, 5) is 44.0. The Bertz CT molecular complexity index is 380. The van der Waals surface area contributed by atoms with Gasteiger partial charge in [0.05, 0.1) is 0 Å². The molecule has 0 aromatic heterocycles. The van der Waals surface area contributed by atoms with Crippen molar-refractivity contribution in [3.63, 3.8) is 0 Å². The molecule has 0 radical (unpaired) electrons. The van der Waals surface area contributed by atoms with Gasteiger partial charge in [0.25, 0.3) is 0 Å². The van der Waals surface area contributed by atoms with Crippen LogP contribution >= 0.6 is 0 Å². The zero-order valence-electron chi connectivity index (χ0n) is 11.9. The average Bonchev–Trinajstić information content (AvgIpc) is 2.38. The highest BCUT2D eigenvalue weighted by atomic mass is 16.4. The van der Waals surface area contributed by atoms with Gasteiger partial charge >= 0.3 is 17.9 Å². The Morgan fingerprint density at radius 2 is 1.48 bits per heavy atom. The van der Waals surface area contributed by atoms with E-state index in [0.29, 0.717) is 6.42 Å². The van der Waals surface area contributed by atoms with E-state index in [0.717, 1.165) is 19.3 Å². The second-order valence-electron chi connectivity index (χ2n) is 4.73. The summed E-state index contributed by atoms with van der Waals surface area (Å²) < 4.78 is 0. The molecule has 8 heteroatoms. The molecule has 4 N–H and O–H groups in total. The molecule has 0 saturated carbocycles. The van der Waals surface area contributed by atoms with Crippen LogP contribution in [0.15, 0.2) is 0 Å². The third kappa shape index (κ3) is 7.91. The Kier molecular flexibility index (Phi) is 8.75. The number of unbranched alkanes of at least 4 members (excludes halogenated alkanes) is 3. The van der Waals surface area contributed by atoms with Crippen LogP contribution in [0.2, 0.25) is 0 Å². The predicted molar refractivity (Wildman–Crippen MR) is 71.7 cm³/mol. The van der Waals surface area contributed by atoms with Crippen LogP contribution in [0.5, 0.6) is 0 Å². The normalized spacial score (nSPS) is 11.9. The Hall–Kier alpha value is -2.12. The van der Waals surface area contributed by atoms with Crippen molar-refractivity contribution in [2.24, 2.45) is 5.92 Å². The molecule has 0 aromatic rings. The fourth-order valence-electron chi connectivity index (χ4n) is 1.74. The summed E-state index contributed by atoms with van der Waals surface area (Å²) in [6, 6.07) is -1.53. The highest BCUT2D eigenvalue weighted by molar-refractivity contribution is 5.94. The van der Waals surface area contributed by atoms with Crippen molar-refractivity contribution in [2.75, 3.05) is 0 Å². The number of amides is 1. The molecule has 0 bridgehead atoms. The number of carboxylic acids is 3. The maximum Gasteiger partial charge on any atom is 0.326 e. The number of rotatable bonds is 11. The molecule has 120 valence electrons. The van der Waals surface area contributed by atoms with Gasteiger partial charge in [-0.15, -0.1) is 0 Å². The van der Waals surface area contributed by atoms with Crippen LogP contribution in [0, 0.1) is 5.92 Å². The van der Waals surface area contributed by atoms with E-state index in [9.17, 15) is 19.2 Å². The quantitative estimate of drug-likeness (QED) is 0.325. The van der Waals surface area contributed by atoms with Crippen molar-refractivity contribution < 1.29 is 34.5 Å². The number of carbonyl (C=O) groups is 4. The minimum atomic E-state index is -1.87. The summed E-state index contributed by atoms with van der Waals surface area (Å²) in [5.74, 6) is -7.11. The fraction of sp³-hybridized carbons (Fsp3) is 0.692. The predicted octanol–water partition coefficient (Wildman–Crippen LogP) is 0.702. The lowest BCUT2D eigenvalue weighted by Gasteiger charge is -2.16. The maximum atomic E-state index is 11.6. The van der Waals surface area contributed by atoms with Crippen molar-refractivity contribution >= 4 is 23.8 Å². The van der Waals surface area contributed by atoms with E-state index in [-0.39, 0.29) is 6.42 Å². The first-order valence-corrected chi connectivity index (χ1v) is 6.77. The van der Waals surface area contributed by atoms with Crippen LogP contribution in [-0.2, 0) is 19.2 Å². The van der Waals surface area contributed by atoms with E-state index in [1.54, 1.807) is 0 Å². The number of carbonyl (C=O) groups excluding carboxylic acids is 1. The molecule has 0 unspecified atom stereocenters. The smallest absolute Gasteiger partial charge is 0.326 e. The van der Waals surface area contributed by atoms with Crippen molar-refractivity contribution in [2.45, 2.75) is 51.5 Å². The zero-order valence-corrected chi connectivity index (χ0v) is 11.9. The maximum absolute atomic E-state index is 11.6. The minimum Gasteiger partial charge on any atom is -0.481 e. The molecule has 0 aliphatic rings. The third-order valence-electron chi connectivity index (χ3n) is 2.96. The number of aliphatic carboxylic acids is 3. The molecule has 0 saturated heterocycles. The number of nitrogens with one attached hydrogen (secondary N) is 1. The van der Waals surface area contributed by atoms with Crippen LogP contribution in [0.3, 0.4) is 0 Å². The van der Waals surface area contributed by atoms with Crippen LogP contribution < -0.4 is 5.32 Å². The van der Waals surface area contributed by atoms with Gasteiger partial charge in [-0.2, -0.15) is 0 Å². The van der Waals surface area contributed by atoms with Gasteiger partial charge in [0.1, 0.15) is 6.04 Å². The van der Waals surface area contributed by atoms with Gasteiger partial charge in [0.15, 0.2) is 5.92 Å². The van der Waals surface area contributed by atoms with Gasteiger partial charge in [-0.25, -0.2) is 4.79 Å². The van der Waals surface area contributed by atoms with Gasteiger partial charge in [0.2, 0.25) is 5.91 Å². The van der Waals surface area contributed by atoms with E-state index in [1.807, 2.05) is 6.92 Å². The zero-order chi connectivity index (χ0) is 16.4. The van der Waals surface area contributed by atoms with Crippen molar-refractivity contribution in [1.29, 1.82) is 0 Å². The molecular formula is C13H21NO7. The summed E-state index contributed by atoms with van der Waals surface area (Å²) in [6.45, 7) is 2.01. The molecule has 1 amide bonds. The van der Waals surface area contributed by atoms with Crippen LogP contribution in [0.25, 0.3) is 0 Å². The van der Waals surface area contributed by atoms with E-state index >= 15 is 0 Å². The molecule has 1 atom stereocenters. The van der Waals surface area contributed by atoms with Crippen LogP contribution in [0.4, 0.5) is 0 Å². The van der Waals surface area contributed by atoms with Crippen LogP contribution in [-0.4, -0.2) is 45.2 Å². The lowest BCUT2D eigenvalue weighted by atomic mass is 10.00. The Labute approximate surface area is 122 Å². The highest BCUT2D eigenvalue weighted by Gasteiger charge is 2.33. The van der Waals surface area contributed by atoms with E-state index in [4.69, 9.17) is 15.3 Å². The first kappa shape index (κ1) is 18.9. The van der Waals surface area contributed by atoms with Crippen LogP contribution in [0.1, 0.15) is 45.4 Å². The molecule has 0 rings (SSSR count). The van der Waals surface area contributed by atoms with Gasteiger partial charge in [0, 0.05) is 12.8 Å². The monoisotopic (exact) mass is 303 g/mol. The molecule has 0 aliphatic carbocycles. The van der Waals surface area contributed by atoms with Gasteiger partial charge < -0.3 is 20.6 Å². The summed E-state index contributed by atoms with van der Waals surface area (Å²) in [6.07, 6.45) is 2.85. The lowest BCUT2D eigenvalue weighted by molar-refractivity contribution is -0.156. The summed E-state index contributed by atoms with van der Waals surface area (Å²) >= 11 is 0. The molecule has 8 nitrogen and oxygen atoms in total. The Morgan fingerprint density at radius 3 is 1.90 bits per heavy atom. The molecule has 0 fully saturated rings. The topological polar surface area (TPSA) is 141 Å². The second kappa shape index (κ2) is 9.73. The molecule has 0 aromatic carbocycles. The Morgan fingerprint density at radius 1 is 0.905 bits per heavy atom. The van der Waals surface area contributed by atoms with E-state index in [1.165, 1.54) is 0 Å². The Balaban J connectivity index is 4.48.